The molecule has 0 amide bonds. The molecule has 1 heterocycles. The number of benzene rings is 1. The zero-order valence-electron chi connectivity index (χ0n) is 10.6. The Kier molecular flexibility index (Phi) is 4.03. The number of nitrogens with one attached hydrogen (secondary N) is 1. The number of halogens is 4. The van der Waals surface area contributed by atoms with Crippen molar-refractivity contribution in [2.45, 2.75) is 19.3 Å². The fourth-order valence-corrected chi connectivity index (χ4v) is 1.68. The number of rotatable bonds is 4. The summed E-state index contributed by atoms with van der Waals surface area (Å²) in [6, 6.07) is 2.93. The third-order valence-corrected chi connectivity index (χ3v) is 2.60. The number of alkyl halides is 3. The van der Waals surface area contributed by atoms with Crippen molar-refractivity contribution >= 4 is 0 Å². The molecule has 0 bridgehead atoms. The Morgan fingerprint density at radius 1 is 1.25 bits per heavy atom. The van der Waals surface area contributed by atoms with Crippen molar-refractivity contribution in [3.8, 4) is 0 Å². The number of aromatic nitrogens is 3. The van der Waals surface area contributed by atoms with Crippen LogP contribution in [0, 0.1) is 5.82 Å². The van der Waals surface area contributed by atoms with Crippen LogP contribution in [0.2, 0.25) is 0 Å². The van der Waals surface area contributed by atoms with Gasteiger partial charge in [-0.05, 0) is 17.7 Å². The van der Waals surface area contributed by atoms with Crippen LogP contribution in [0.5, 0.6) is 0 Å². The van der Waals surface area contributed by atoms with Gasteiger partial charge in [-0.2, -0.15) is 18.3 Å². The molecule has 20 heavy (non-hydrogen) atoms. The SMILES string of the molecule is Cn1cnc(CNCc2ccc(F)c(C(F)(F)F)c2)n1. The van der Waals surface area contributed by atoms with Gasteiger partial charge in [0.25, 0.3) is 0 Å². The molecule has 2 rings (SSSR count). The zero-order chi connectivity index (χ0) is 14.8. The van der Waals surface area contributed by atoms with E-state index in [0.717, 1.165) is 12.1 Å². The average Bonchev–Trinajstić information content (AvgIpc) is 2.76. The van der Waals surface area contributed by atoms with Crippen LogP contribution in [-0.4, -0.2) is 14.8 Å². The highest BCUT2D eigenvalue weighted by Gasteiger charge is 2.34. The molecule has 0 saturated carbocycles. The van der Waals surface area contributed by atoms with E-state index in [1.807, 2.05) is 0 Å². The minimum Gasteiger partial charge on any atom is -0.306 e. The first-order valence-electron chi connectivity index (χ1n) is 5.77. The van der Waals surface area contributed by atoms with Gasteiger partial charge in [-0.3, -0.25) is 4.68 Å². The summed E-state index contributed by atoms with van der Waals surface area (Å²) < 4.78 is 52.2. The van der Waals surface area contributed by atoms with Crippen molar-refractivity contribution in [3.05, 3.63) is 47.3 Å². The molecule has 1 N–H and O–H groups in total. The average molecular weight is 288 g/mol. The summed E-state index contributed by atoms with van der Waals surface area (Å²) in [5, 5.41) is 6.92. The van der Waals surface area contributed by atoms with Gasteiger partial charge in [-0.1, -0.05) is 6.07 Å². The van der Waals surface area contributed by atoms with Crippen LogP contribution < -0.4 is 5.32 Å². The minimum atomic E-state index is -4.69. The zero-order valence-corrected chi connectivity index (χ0v) is 10.6. The van der Waals surface area contributed by atoms with Gasteiger partial charge in [0.2, 0.25) is 0 Å². The van der Waals surface area contributed by atoms with Crippen LogP contribution in [0.25, 0.3) is 0 Å². The molecule has 0 radical (unpaired) electrons. The summed E-state index contributed by atoms with van der Waals surface area (Å²) in [5.74, 6) is -0.738. The normalized spacial score (nSPS) is 11.8. The lowest BCUT2D eigenvalue weighted by Crippen LogP contribution is -2.15. The molecule has 8 heteroatoms. The van der Waals surface area contributed by atoms with E-state index >= 15 is 0 Å². The first kappa shape index (κ1) is 14.4. The molecule has 0 saturated heterocycles. The third kappa shape index (κ3) is 3.53. The van der Waals surface area contributed by atoms with Gasteiger partial charge >= 0.3 is 6.18 Å². The van der Waals surface area contributed by atoms with Crippen LogP contribution in [0.15, 0.2) is 24.5 Å². The van der Waals surface area contributed by atoms with Crippen LogP contribution in [0.4, 0.5) is 17.6 Å². The molecule has 1 aromatic carbocycles. The molecule has 0 aliphatic heterocycles. The summed E-state index contributed by atoms with van der Waals surface area (Å²) >= 11 is 0. The van der Waals surface area contributed by atoms with Gasteiger partial charge in [-0.15, -0.1) is 0 Å². The second kappa shape index (κ2) is 5.58. The standard InChI is InChI=1S/C12H12F4N4/c1-20-7-18-11(19-20)6-17-5-8-2-3-10(13)9(4-8)12(14,15)16/h2-4,7,17H,5-6H2,1H3. The van der Waals surface area contributed by atoms with Crippen LogP contribution in [0.3, 0.4) is 0 Å². The molecular formula is C12H12F4N4. The Hall–Kier alpha value is -1.96. The lowest BCUT2D eigenvalue weighted by molar-refractivity contribution is -0.140. The van der Waals surface area contributed by atoms with E-state index in [2.05, 4.69) is 15.4 Å². The van der Waals surface area contributed by atoms with E-state index in [4.69, 9.17) is 0 Å². The Morgan fingerprint density at radius 3 is 2.60 bits per heavy atom. The van der Waals surface area contributed by atoms with Crippen molar-refractivity contribution in [2.24, 2.45) is 7.05 Å². The van der Waals surface area contributed by atoms with E-state index in [-0.39, 0.29) is 6.54 Å². The second-order valence-electron chi connectivity index (χ2n) is 4.25. The summed E-state index contributed by atoms with van der Waals surface area (Å²) in [6.45, 7) is 0.487. The van der Waals surface area contributed by atoms with E-state index in [1.165, 1.54) is 17.1 Å². The lowest BCUT2D eigenvalue weighted by Gasteiger charge is -2.10. The Balaban J connectivity index is 2.00. The van der Waals surface area contributed by atoms with E-state index in [9.17, 15) is 17.6 Å². The largest absolute Gasteiger partial charge is 0.419 e. The van der Waals surface area contributed by atoms with Crippen LogP contribution in [-0.2, 0) is 26.3 Å². The van der Waals surface area contributed by atoms with Gasteiger partial charge in [-0.25, -0.2) is 9.37 Å². The highest BCUT2D eigenvalue weighted by molar-refractivity contribution is 5.27. The second-order valence-corrected chi connectivity index (χ2v) is 4.25. The first-order valence-corrected chi connectivity index (χ1v) is 5.77. The fraction of sp³-hybridized carbons (Fsp3) is 0.333. The quantitative estimate of drug-likeness (QED) is 0.878. The summed E-state index contributed by atoms with van der Waals surface area (Å²) in [7, 11) is 1.71. The maximum atomic E-state index is 13.1. The van der Waals surface area contributed by atoms with E-state index in [1.54, 1.807) is 7.05 Å². The topological polar surface area (TPSA) is 42.7 Å². The van der Waals surface area contributed by atoms with Crippen molar-refractivity contribution in [1.82, 2.24) is 20.1 Å². The van der Waals surface area contributed by atoms with Gasteiger partial charge in [0.05, 0.1) is 12.1 Å². The fourth-order valence-electron chi connectivity index (χ4n) is 1.68. The number of hydrogen-bond donors (Lipinski definition) is 1. The van der Waals surface area contributed by atoms with Gasteiger partial charge in [0.1, 0.15) is 12.1 Å². The molecule has 2 aromatic rings. The molecule has 0 fully saturated rings. The smallest absolute Gasteiger partial charge is 0.306 e. The van der Waals surface area contributed by atoms with Crippen molar-refractivity contribution < 1.29 is 17.6 Å². The van der Waals surface area contributed by atoms with E-state index in [0.29, 0.717) is 17.9 Å². The monoisotopic (exact) mass is 288 g/mol. The van der Waals surface area contributed by atoms with Gasteiger partial charge < -0.3 is 5.32 Å². The summed E-state index contributed by atoms with van der Waals surface area (Å²) in [5.41, 5.74) is -0.914. The maximum Gasteiger partial charge on any atom is 0.419 e. The van der Waals surface area contributed by atoms with E-state index < -0.39 is 17.6 Å². The maximum absolute atomic E-state index is 13.1. The van der Waals surface area contributed by atoms with Gasteiger partial charge in [0.15, 0.2) is 5.82 Å². The third-order valence-electron chi connectivity index (χ3n) is 2.60. The Bertz CT molecular complexity index is 591. The van der Waals surface area contributed by atoms with Crippen molar-refractivity contribution in [3.63, 3.8) is 0 Å². The number of hydrogen-bond acceptors (Lipinski definition) is 3. The molecule has 0 aliphatic rings. The molecule has 1 aromatic heterocycles. The molecule has 0 unspecified atom stereocenters. The number of nitrogens with zero attached hydrogens (tertiary/aromatic N) is 3. The molecule has 108 valence electrons. The predicted molar refractivity (Wildman–Crippen MR) is 62.9 cm³/mol. The molecule has 0 aliphatic carbocycles. The molecule has 0 atom stereocenters. The van der Waals surface area contributed by atoms with Crippen LogP contribution in [0.1, 0.15) is 17.0 Å². The highest BCUT2D eigenvalue weighted by atomic mass is 19.4. The summed E-state index contributed by atoms with van der Waals surface area (Å²) in [4.78, 5) is 3.97. The first-order chi connectivity index (χ1) is 9.36. The Morgan fingerprint density at radius 2 is 2.00 bits per heavy atom. The molecule has 4 nitrogen and oxygen atoms in total. The van der Waals surface area contributed by atoms with Crippen molar-refractivity contribution in [2.75, 3.05) is 0 Å². The highest BCUT2D eigenvalue weighted by Crippen LogP contribution is 2.31. The predicted octanol–water partition coefficient (Wildman–Crippen LogP) is 2.26. The lowest BCUT2D eigenvalue weighted by atomic mass is 10.1. The number of aryl methyl sites for hydroxylation is 1. The summed E-state index contributed by atoms with van der Waals surface area (Å²) in [6.07, 6.45) is -3.17. The van der Waals surface area contributed by atoms with Crippen molar-refractivity contribution in [1.29, 1.82) is 0 Å². The van der Waals surface area contributed by atoms with Crippen LogP contribution >= 0.6 is 0 Å². The Labute approximate surface area is 112 Å². The minimum absolute atomic E-state index is 0.168. The molecular weight excluding hydrogens is 276 g/mol. The van der Waals surface area contributed by atoms with Gasteiger partial charge in [0, 0.05) is 13.6 Å². The molecule has 0 spiro atoms.